The third kappa shape index (κ3) is 3.56. The topological polar surface area (TPSA) is 15.3 Å². The molecule has 0 amide bonds. The number of hydrogen-bond acceptors (Lipinski definition) is 2. The molecule has 1 aromatic carbocycles. The van der Waals surface area contributed by atoms with Crippen LogP contribution >= 0.6 is 15.9 Å². The van der Waals surface area contributed by atoms with Crippen LogP contribution in [0, 0.1) is 11.7 Å². The Kier molecular flexibility index (Phi) is 5.37. The summed E-state index contributed by atoms with van der Waals surface area (Å²) in [5, 5.41) is 3.47. The van der Waals surface area contributed by atoms with E-state index in [0.717, 1.165) is 42.5 Å². The zero-order valence-corrected chi connectivity index (χ0v) is 13.2. The van der Waals surface area contributed by atoms with Gasteiger partial charge in [-0.2, -0.15) is 0 Å². The highest BCUT2D eigenvalue weighted by Gasteiger charge is 2.34. The van der Waals surface area contributed by atoms with Crippen LogP contribution in [0.3, 0.4) is 0 Å². The van der Waals surface area contributed by atoms with Crippen molar-refractivity contribution in [3.05, 3.63) is 34.1 Å². The average molecular weight is 329 g/mol. The summed E-state index contributed by atoms with van der Waals surface area (Å²) in [4.78, 5) is 2.27. The summed E-state index contributed by atoms with van der Waals surface area (Å²) >= 11 is 3.45. The Hall–Kier alpha value is -0.450. The number of benzene rings is 1. The van der Waals surface area contributed by atoms with Crippen molar-refractivity contribution in [1.82, 2.24) is 10.2 Å². The maximum absolute atomic E-state index is 14.1. The highest BCUT2D eigenvalue weighted by Crippen LogP contribution is 2.37. The summed E-state index contributed by atoms with van der Waals surface area (Å²) < 4.78 is 15.0. The van der Waals surface area contributed by atoms with Crippen molar-refractivity contribution >= 4 is 15.9 Å². The zero-order valence-electron chi connectivity index (χ0n) is 11.6. The highest BCUT2D eigenvalue weighted by molar-refractivity contribution is 9.10. The Bertz CT molecular complexity index is 425. The van der Waals surface area contributed by atoms with Gasteiger partial charge in [-0.05, 0) is 63.6 Å². The normalized spacial score (nSPS) is 24.0. The molecule has 19 heavy (non-hydrogen) atoms. The molecule has 0 aromatic heterocycles. The van der Waals surface area contributed by atoms with E-state index < -0.39 is 0 Å². The largest absolute Gasteiger partial charge is 0.316 e. The zero-order chi connectivity index (χ0) is 13.8. The molecule has 2 atom stereocenters. The van der Waals surface area contributed by atoms with Gasteiger partial charge in [-0.25, -0.2) is 4.39 Å². The van der Waals surface area contributed by atoms with Crippen LogP contribution in [0.4, 0.5) is 4.39 Å². The molecule has 1 aromatic rings. The lowest BCUT2D eigenvalue weighted by Gasteiger charge is -2.26. The van der Waals surface area contributed by atoms with Crippen LogP contribution in [0.15, 0.2) is 22.7 Å². The number of nitrogens with one attached hydrogen (secondary N) is 1. The summed E-state index contributed by atoms with van der Waals surface area (Å²) in [6.45, 7) is 5.21. The molecule has 1 heterocycles. The molecule has 0 bridgehead atoms. The molecular formula is C15H22BrFN2. The van der Waals surface area contributed by atoms with Crippen LogP contribution < -0.4 is 5.32 Å². The molecule has 1 aliphatic rings. The Labute approximate surface area is 123 Å². The maximum Gasteiger partial charge on any atom is 0.128 e. The monoisotopic (exact) mass is 328 g/mol. The van der Waals surface area contributed by atoms with E-state index in [1.807, 2.05) is 6.07 Å². The van der Waals surface area contributed by atoms with Crippen LogP contribution in [0.2, 0.25) is 0 Å². The van der Waals surface area contributed by atoms with E-state index in [2.05, 4.69) is 40.1 Å². The fourth-order valence-corrected chi connectivity index (χ4v) is 3.32. The van der Waals surface area contributed by atoms with E-state index in [1.165, 1.54) is 0 Å². The minimum Gasteiger partial charge on any atom is -0.316 e. The molecule has 0 saturated carbocycles. The number of hydrogen-bond donors (Lipinski definition) is 1. The Morgan fingerprint density at radius 3 is 3.00 bits per heavy atom. The fraction of sp³-hybridized carbons (Fsp3) is 0.600. The van der Waals surface area contributed by atoms with E-state index in [0.29, 0.717) is 5.92 Å². The summed E-state index contributed by atoms with van der Waals surface area (Å²) in [5.41, 5.74) is 0.817. The predicted octanol–water partition coefficient (Wildman–Crippen LogP) is 3.58. The molecule has 106 valence electrons. The van der Waals surface area contributed by atoms with Crippen molar-refractivity contribution in [2.45, 2.75) is 25.8 Å². The van der Waals surface area contributed by atoms with E-state index >= 15 is 0 Å². The second-order valence-electron chi connectivity index (χ2n) is 5.34. The summed E-state index contributed by atoms with van der Waals surface area (Å²) in [6, 6.07) is 5.43. The standard InChI is InChI=1S/C15H22BrFN2/c1-3-7-18-10-11-6-8-19(2)15(11)13-9-12(16)4-5-14(13)17/h4-5,9,11,15,18H,3,6-8,10H2,1-2H3. The molecular weight excluding hydrogens is 307 g/mol. The molecule has 0 radical (unpaired) electrons. The van der Waals surface area contributed by atoms with Crippen LogP contribution in [-0.4, -0.2) is 31.6 Å². The van der Waals surface area contributed by atoms with Crippen LogP contribution in [-0.2, 0) is 0 Å². The van der Waals surface area contributed by atoms with Gasteiger partial charge < -0.3 is 5.32 Å². The van der Waals surface area contributed by atoms with Crippen molar-refractivity contribution in [2.75, 3.05) is 26.7 Å². The first-order valence-electron chi connectivity index (χ1n) is 6.99. The van der Waals surface area contributed by atoms with Gasteiger partial charge in [-0.1, -0.05) is 22.9 Å². The van der Waals surface area contributed by atoms with Crippen molar-refractivity contribution in [2.24, 2.45) is 5.92 Å². The van der Waals surface area contributed by atoms with Gasteiger partial charge >= 0.3 is 0 Å². The number of rotatable bonds is 5. The first kappa shape index (κ1) is 14.9. The minimum absolute atomic E-state index is 0.0950. The van der Waals surface area contributed by atoms with Gasteiger partial charge in [0.25, 0.3) is 0 Å². The van der Waals surface area contributed by atoms with Gasteiger partial charge in [0.15, 0.2) is 0 Å². The lowest BCUT2D eigenvalue weighted by atomic mass is 9.93. The van der Waals surface area contributed by atoms with Crippen molar-refractivity contribution in [1.29, 1.82) is 0 Å². The molecule has 1 N–H and O–H groups in total. The Morgan fingerprint density at radius 1 is 1.47 bits per heavy atom. The molecule has 2 unspecified atom stereocenters. The first-order valence-corrected chi connectivity index (χ1v) is 7.78. The Balaban J connectivity index is 2.16. The minimum atomic E-state index is -0.0950. The second kappa shape index (κ2) is 6.82. The molecule has 1 aliphatic heterocycles. The molecule has 4 heteroatoms. The van der Waals surface area contributed by atoms with Crippen LogP contribution in [0.25, 0.3) is 0 Å². The predicted molar refractivity (Wildman–Crippen MR) is 80.7 cm³/mol. The van der Waals surface area contributed by atoms with E-state index in [9.17, 15) is 4.39 Å². The molecule has 2 rings (SSSR count). The van der Waals surface area contributed by atoms with E-state index in [4.69, 9.17) is 0 Å². The van der Waals surface area contributed by atoms with Gasteiger partial charge in [0.05, 0.1) is 0 Å². The molecule has 0 spiro atoms. The molecule has 2 nitrogen and oxygen atoms in total. The number of likely N-dealkylation sites (tertiary alicyclic amines) is 1. The molecule has 1 saturated heterocycles. The van der Waals surface area contributed by atoms with Crippen LogP contribution in [0.1, 0.15) is 31.4 Å². The first-order chi connectivity index (χ1) is 9.13. The van der Waals surface area contributed by atoms with Gasteiger partial charge in [-0.3, -0.25) is 4.90 Å². The third-order valence-electron chi connectivity index (χ3n) is 3.88. The number of halogens is 2. The lowest BCUT2D eigenvalue weighted by Crippen LogP contribution is -2.29. The smallest absolute Gasteiger partial charge is 0.128 e. The summed E-state index contributed by atoms with van der Waals surface area (Å²) in [5.74, 6) is 0.391. The molecule has 0 aliphatic carbocycles. The van der Waals surface area contributed by atoms with Gasteiger partial charge in [0.1, 0.15) is 5.82 Å². The van der Waals surface area contributed by atoms with Gasteiger partial charge in [0.2, 0.25) is 0 Å². The van der Waals surface area contributed by atoms with Crippen LogP contribution in [0.5, 0.6) is 0 Å². The van der Waals surface area contributed by atoms with Gasteiger partial charge in [0, 0.05) is 16.1 Å². The molecule has 1 fully saturated rings. The second-order valence-corrected chi connectivity index (χ2v) is 6.26. The summed E-state index contributed by atoms with van der Waals surface area (Å²) in [6.07, 6.45) is 2.27. The van der Waals surface area contributed by atoms with E-state index in [1.54, 1.807) is 12.1 Å². The third-order valence-corrected chi connectivity index (χ3v) is 4.38. The number of nitrogens with zero attached hydrogens (tertiary/aromatic N) is 1. The quantitative estimate of drug-likeness (QED) is 0.831. The highest BCUT2D eigenvalue weighted by atomic mass is 79.9. The fourth-order valence-electron chi connectivity index (χ4n) is 2.94. The Morgan fingerprint density at radius 2 is 2.26 bits per heavy atom. The van der Waals surface area contributed by atoms with E-state index in [-0.39, 0.29) is 11.9 Å². The van der Waals surface area contributed by atoms with Crippen molar-refractivity contribution < 1.29 is 4.39 Å². The maximum atomic E-state index is 14.1. The lowest BCUT2D eigenvalue weighted by molar-refractivity contribution is 0.265. The average Bonchev–Trinajstić information content (AvgIpc) is 2.74. The SMILES string of the molecule is CCCNCC1CCN(C)C1c1cc(Br)ccc1F. The van der Waals surface area contributed by atoms with Gasteiger partial charge in [-0.15, -0.1) is 0 Å². The van der Waals surface area contributed by atoms with Crippen molar-refractivity contribution in [3.63, 3.8) is 0 Å². The summed E-state index contributed by atoms with van der Waals surface area (Å²) in [7, 11) is 2.09. The van der Waals surface area contributed by atoms with Crippen molar-refractivity contribution in [3.8, 4) is 0 Å².